The van der Waals surface area contributed by atoms with Crippen molar-refractivity contribution in [1.82, 2.24) is 15.1 Å². The predicted molar refractivity (Wildman–Crippen MR) is 133 cm³/mol. The summed E-state index contributed by atoms with van der Waals surface area (Å²) in [6.45, 7) is 2.09. The van der Waals surface area contributed by atoms with E-state index in [1.54, 1.807) is 46.9 Å². The Bertz CT molecular complexity index is 1110. The van der Waals surface area contributed by atoms with Crippen molar-refractivity contribution in [3.63, 3.8) is 0 Å². The van der Waals surface area contributed by atoms with E-state index < -0.39 is 16.8 Å². The van der Waals surface area contributed by atoms with Gasteiger partial charge in [-0.2, -0.15) is 5.10 Å². The van der Waals surface area contributed by atoms with Gasteiger partial charge in [-0.3, -0.25) is 9.00 Å². The molecule has 4 fully saturated rings. The van der Waals surface area contributed by atoms with Gasteiger partial charge in [0.05, 0.1) is 23.0 Å². The van der Waals surface area contributed by atoms with Gasteiger partial charge in [0.1, 0.15) is 5.03 Å². The summed E-state index contributed by atoms with van der Waals surface area (Å²) in [5.41, 5.74) is 1.50. The zero-order valence-corrected chi connectivity index (χ0v) is 21.2. The van der Waals surface area contributed by atoms with E-state index in [2.05, 4.69) is 17.3 Å². The fourth-order valence-electron chi connectivity index (χ4n) is 6.53. The van der Waals surface area contributed by atoms with Crippen molar-refractivity contribution in [1.29, 1.82) is 0 Å². The first-order valence-corrected chi connectivity index (χ1v) is 14.5. The number of nitrogens with one attached hydrogen (secondary N) is 1. The fraction of sp³-hybridized carbons (Fsp3) is 0.560. The zero-order chi connectivity index (χ0) is 24.0. The number of carbonyl (C=O) groups is 2. The molecule has 0 saturated heterocycles. The Kier molecular flexibility index (Phi) is 6.35. The molecule has 0 spiro atoms. The van der Waals surface area contributed by atoms with Crippen molar-refractivity contribution >= 4 is 34.4 Å². The molecule has 3 atom stereocenters. The number of benzene rings is 1. The van der Waals surface area contributed by atoms with Gasteiger partial charge in [-0.05, 0) is 86.3 Å². The maximum atomic E-state index is 13.5. The molecule has 4 bridgehead atoms. The van der Waals surface area contributed by atoms with Gasteiger partial charge in [-0.25, -0.2) is 9.48 Å². The van der Waals surface area contributed by atoms with Gasteiger partial charge in [-0.15, -0.1) is 11.8 Å². The van der Waals surface area contributed by atoms with Crippen molar-refractivity contribution in [3.8, 4) is 5.69 Å². The third-order valence-electron chi connectivity index (χ3n) is 7.90. The number of hydrogen-bond acceptors (Lipinski definition) is 5. The van der Waals surface area contributed by atoms with Crippen LogP contribution in [0.15, 0.2) is 35.5 Å². The molecule has 182 valence electrons. The highest BCUT2D eigenvalue weighted by atomic mass is 32.2. The lowest BCUT2D eigenvalue weighted by Gasteiger charge is -2.59. The number of amides is 1. The van der Waals surface area contributed by atoms with Crippen molar-refractivity contribution in [2.75, 3.05) is 12.0 Å². The summed E-state index contributed by atoms with van der Waals surface area (Å²) in [5, 5.41) is 17.8. The van der Waals surface area contributed by atoms with Crippen molar-refractivity contribution in [3.05, 3.63) is 41.6 Å². The minimum Gasteiger partial charge on any atom is -0.478 e. The molecule has 3 unspecified atom stereocenters. The van der Waals surface area contributed by atoms with Crippen LogP contribution in [0, 0.1) is 17.8 Å². The van der Waals surface area contributed by atoms with Crippen LogP contribution in [0.2, 0.25) is 0 Å². The molecule has 1 amide bonds. The van der Waals surface area contributed by atoms with Crippen LogP contribution in [0.3, 0.4) is 0 Å². The fourth-order valence-corrected chi connectivity index (χ4v) is 8.87. The third-order valence-corrected chi connectivity index (χ3v) is 10.9. The number of aromatic nitrogens is 2. The van der Waals surface area contributed by atoms with Crippen LogP contribution in [-0.4, -0.2) is 53.8 Å². The highest BCUT2D eigenvalue weighted by molar-refractivity contribution is 7.99. The second-order valence-electron chi connectivity index (χ2n) is 10.1. The second kappa shape index (κ2) is 9.15. The van der Waals surface area contributed by atoms with E-state index in [4.69, 9.17) is 0 Å². The van der Waals surface area contributed by atoms with E-state index in [-0.39, 0.29) is 22.3 Å². The number of carboxylic acid groups (broad SMARTS) is 1. The van der Waals surface area contributed by atoms with Crippen LogP contribution in [0.1, 0.15) is 66.2 Å². The van der Waals surface area contributed by atoms with Crippen molar-refractivity contribution in [2.45, 2.75) is 61.3 Å². The molecule has 4 aliphatic carbocycles. The standard InChI is InChI=1S/C25H31N3O4S2/c1-3-8-33-23-20(14-26-28(23)19-6-4-16(5-7-19)24(30)31)22(29)27-21-17-9-15-10-18(21)13-25(11-15,12-17)34(2)32/h4-7,14-15,17-18,21H,3,8-13H2,1-2H3,(H,27,29)(H,30,31). The average molecular weight is 502 g/mol. The summed E-state index contributed by atoms with van der Waals surface area (Å²) >= 11 is 1.59. The lowest BCUT2D eigenvalue weighted by Crippen LogP contribution is -2.62. The minimum atomic E-state index is -0.975. The Morgan fingerprint density at radius 3 is 2.47 bits per heavy atom. The molecule has 6 rings (SSSR count). The number of thioether (sulfide) groups is 1. The summed E-state index contributed by atoms with van der Waals surface area (Å²) in [5.74, 6) is 1.20. The van der Waals surface area contributed by atoms with E-state index >= 15 is 0 Å². The largest absolute Gasteiger partial charge is 0.478 e. The molecule has 2 aromatic rings. The highest BCUT2D eigenvalue weighted by Crippen LogP contribution is 2.57. The van der Waals surface area contributed by atoms with Crippen molar-refractivity contribution in [2.24, 2.45) is 17.8 Å². The molecule has 0 aliphatic heterocycles. The molecule has 34 heavy (non-hydrogen) atoms. The lowest BCUT2D eigenvalue weighted by molar-refractivity contribution is 0.00181. The van der Waals surface area contributed by atoms with Crippen LogP contribution < -0.4 is 5.32 Å². The van der Waals surface area contributed by atoms with Gasteiger partial charge in [0.2, 0.25) is 0 Å². The first kappa shape index (κ1) is 23.6. The lowest BCUT2D eigenvalue weighted by atomic mass is 9.53. The maximum absolute atomic E-state index is 13.5. The summed E-state index contributed by atoms with van der Waals surface area (Å²) in [6, 6.07) is 6.67. The van der Waals surface area contributed by atoms with E-state index in [0.717, 1.165) is 55.0 Å². The Balaban J connectivity index is 1.39. The molecule has 1 aromatic carbocycles. The zero-order valence-electron chi connectivity index (χ0n) is 19.5. The molecule has 9 heteroatoms. The number of aromatic carboxylic acids is 1. The topological polar surface area (TPSA) is 101 Å². The first-order valence-electron chi connectivity index (χ1n) is 12.0. The molecule has 1 aromatic heterocycles. The van der Waals surface area contributed by atoms with E-state index in [0.29, 0.717) is 23.3 Å². The molecule has 4 saturated carbocycles. The van der Waals surface area contributed by atoms with Gasteiger partial charge >= 0.3 is 5.97 Å². The van der Waals surface area contributed by atoms with Crippen LogP contribution in [0.5, 0.6) is 0 Å². The Morgan fingerprint density at radius 2 is 1.88 bits per heavy atom. The Labute approximate surface area is 206 Å². The molecule has 1 heterocycles. The SMILES string of the molecule is CCCSc1c(C(=O)NC2C3CC4CC2CC(S(C)=O)(C4)C3)cnn1-c1ccc(C(=O)O)cc1. The predicted octanol–water partition coefficient (Wildman–Crippen LogP) is 4.13. The summed E-state index contributed by atoms with van der Waals surface area (Å²) in [6.07, 6.45) is 9.64. The van der Waals surface area contributed by atoms with Crippen LogP contribution in [0.4, 0.5) is 0 Å². The van der Waals surface area contributed by atoms with Crippen LogP contribution in [0.25, 0.3) is 5.69 Å². The Hall–Kier alpha value is -2.13. The van der Waals surface area contributed by atoms with E-state index in [1.807, 2.05) is 6.26 Å². The van der Waals surface area contributed by atoms with E-state index in [9.17, 15) is 18.9 Å². The summed E-state index contributed by atoms with van der Waals surface area (Å²) < 4.78 is 14.2. The molecular formula is C25H31N3O4S2. The number of carboxylic acids is 1. The van der Waals surface area contributed by atoms with E-state index in [1.165, 1.54) is 0 Å². The molecular weight excluding hydrogens is 470 g/mol. The maximum Gasteiger partial charge on any atom is 0.335 e. The van der Waals surface area contributed by atoms with Gasteiger partial charge < -0.3 is 10.4 Å². The van der Waals surface area contributed by atoms with Gasteiger partial charge in [0, 0.05) is 27.8 Å². The third kappa shape index (κ3) is 4.11. The quantitative estimate of drug-likeness (QED) is 0.528. The monoisotopic (exact) mass is 501 g/mol. The smallest absolute Gasteiger partial charge is 0.335 e. The molecule has 4 aliphatic rings. The normalized spacial score (nSPS) is 30.3. The number of rotatable bonds is 8. The highest BCUT2D eigenvalue weighted by Gasteiger charge is 2.57. The molecule has 0 radical (unpaired) electrons. The summed E-state index contributed by atoms with van der Waals surface area (Å²) in [4.78, 5) is 24.7. The number of nitrogens with zero attached hydrogens (tertiary/aromatic N) is 2. The number of hydrogen-bond donors (Lipinski definition) is 2. The van der Waals surface area contributed by atoms with Gasteiger partial charge in [0.15, 0.2) is 0 Å². The minimum absolute atomic E-state index is 0.0487. The van der Waals surface area contributed by atoms with Gasteiger partial charge in [-0.1, -0.05) is 6.92 Å². The second-order valence-corrected chi connectivity index (χ2v) is 12.9. The molecule has 2 N–H and O–H groups in total. The summed E-state index contributed by atoms with van der Waals surface area (Å²) in [7, 11) is -0.830. The van der Waals surface area contributed by atoms with Crippen LogP contribution >= 0.6 is 11.8 Å². The Morgan fingerprint density at radius 1 is 1.21 bits per heavy atom. The average Bonchev–Trinajstić information content (AvgIpc) is 3.23. The number of carbonyl (C=O) groups excluding carboxylic acids is 1. The van der Waals surface area contributed by atoms with Crippen molar-refractivity contribution < 1.29 is 18.9 Å². The van der Waals surface area contributed by atoms with Crippen LogP contribution in [-0.2, 0) is 10.8 Å². The van der Waals surface area contributed by atoms with Gasteiger partial charge in [0.25, 0.3) is 5.91 Å². The first-order chi connectivity index (χ1) is 16.3. The molecule has 7 nitrogen and oxygen atoms in total.